The van der Waals surface area contributed by atoms with E-state index in [1.165, 1.54) is 0 Å². The van der Waals surface area contributed by atoms with Gasteiger partial charge in [-0.05, 0) is 26.7 Å². The molecule has 2 saturated heterocycles. The maximum atomic E-state index is 12.4. The van der Waals surface area contributed by atoms with Crippen molar-refractivity contribution in [2.75, 3.05) is 19.6 Å². The Balaban J connectivity index is 2.06. The number of rotatable bonds is 2. The third kappa shape index (κ3) is 2.22. The van der Waals surface area contributed by atoms with Crippen LogP contribution in [0.4, 0.5) is 0 Å². The zero-order chi connectivity index (χ0) is 13.3. The summed E-state index contributed by atoms with van der Waals surface area (Å²) in [5, 5.41) is 2.77. The van der Waals surface area contributed by atoms with Gasteiger partial charge in [0.15, 0.2) is 0 Å². The van der Waals surface area contributed by atoms with Crippen LogP contribution in [0.1, 0.15) is 26.7 Å². The Morgan fingerprint density at radius 1 is 1.56 bits per heavy atom. The summed E-state index contributed by atoms with van der Waals surface area (Å²) in [4.78, 5) is 25.8. The van der Waals surface area contributed by atoms with Crippen molar-refractivity contribution in [2.24, 2.45) is 5.73 Å². The second-order valence-corrected chi connectivity index (χ2v) is 5.36. The van der Waals surface area contributed by atoms with Crippen molar-refractivity contribution < 1.29 is 14.3 Å². The summed E-state index contributed by atoms with van der Waals surface area (Å²) in [6.07, 6.45) is 1.03. The number of carbonyl (C=O) groups is 2. The molecule has 2 aliphatic heterocycles. The summed E-state index contributed by atoms with van der Waals surface area (Å²) in [5.74, 6) is -0.207. The average Bonchev–Trinajstić information content (AvgIpc) is 2.80. The largest absolute Gasteiger partial charge is 0.364 e. The molecule has 0 aromatic carbocycles. The standard InChI is InChI=1S/C12H21N3O3/c1-12(2)11(17)14-5-6-15(12)10(16)9-4-3-8(7-13)18-9/h8-9H,3-7,13H2,1-2H3,(H,14,17). The maximum Gasteiger partial charge on any atom is 0.252 e. The molecule has 2 unspecified atom stereocenters. The van der Waals surface area contributed by atoms with Crippen LogP contribution in [-0.4, -0.2) is 54.1 Å². The summed E-state index contributed by atoms with van der Waals surface area (Å²) in [6, 6.07) is 0. The highest BCUT2D eigenvalue weighted by Crippen LogP contribution is 2.25. The SMILES string of the molecule is CC1(C)C(=O)NCCN1C(=O)C1CCC(CN)O1. The first-order chi connectivity index (χ1) is 8.46. The zero-order valence-corrected chi connectivity index (χ0v) is 10.9. The van der Waals surface area contributed by atoms with Crippen molar-refractivity contribution in [3.8, 4) is 0 Å². The van der Waals surface area contributed by atoms with Gasteiger partial charge in [-0.25, -0.2) is 0 Å². The molecular formula is C12H21N3O3. The number of amides is 2. The Morgan fingerprint density at radius 2 is 2.28 bits per heavy atom. The Labute approximate surface area is 107 Å². The van der Waals surface area contributed by atoms with Gasteiger partial charge in [0, 0.05) is 19.6 Å². The van der Waals surface area contributed by atoms with Gasteiger partial charge in [-0.15, -0.1) is 0 Å². The molecule has 2 rings (SSSR count). The van der Waals surface area contributed by atoms with E-state index >= 15 is 0 Å². The van der Waals surface area contributed by atoms with E-state index in [1.807, 2.05) is 0 Å². The Bertz CT molecular complexity index is 356. The van der Waals surface area contributed by atoms with Gasteiger partial charge in [0.05, 0.1) is 6.10 Å². The van der Waals surface area contributed by atoms with E-state index in [9.17, 15) is 9.59 Å². The van der Waals surface area contributed by atoms with Crippen LogP contribution in [-0.2, 0) is 14.3 Å². The van der Waals surface area contributed by atoms with Crippen LogP contribution in [0.25, 0.3) is 0 Å². The molecule has 0 aromatic rings. The van der Waals surface area contributed by atoms with Crippen LogP contribution in [0.3, 0.4) is 0 Å². The molecular weight excluding hydrogens is 234 g/mol. The van der Waals surface area contributed by atoms with Crippen LogP contribution in [0.5, 0.6) is 0 Å². The van der Waals surface area contributed by atoms with Crippen LogP contribution >= 0.6 is 0 Å². The number of piperazine rings is 1. The molecule has 3 N–H and O–H groups in total. The zero-order valence-electron chi connectivity index (χ0n) is 10.9. The number of hydrogen-bond donors (Lipinski definition) is 2. The first-order valence-corrected chi connectivity index (χ1v) is 6.42. The van der Waals surface area contributed by atoms with Crippen molar-refractivity contribution in [2.45, 2.75) is 44.4 Å². The van der Waals surface area contributed by atoms with Crippen molar-refractivity contribution in [1.29, 1.82) is 0 Å². The minimum Gasteiger partial charge on any atom is -0.364 e. The molecule has 2 fully saturated rings. The highest BCUT2D eigenvalue weighted by atomic mass is 16.5. The third-order valence-electron chi connectivity index (χ3n) is 3.76. The molecule has 2 aliphatic rings. The molecule has 2 atom stereocenters. The van der Waals surface area contributed by atoms with E-state index in [1.54, 1.807) is 18.7 Å². The summed E-state index contributed by atoms with van der Waals surface area (Å²) in [7, 11) is 0. The van der Waals surface area contributed by atoms with Crippen molar-refractivity contribution >= 4 is 11.8 Å². The molecule has 6 heteroatoms. The fraction of sp³-hybridized carbons (Fsp3) is 0.833. The molecule has 0 aliphatic carbocycles. The molecule has 6 nitrogen and oxygen atoms in total. The number of carbonyl (C=O) groups excluding carboxylic acids is 2. The normalized spacial score (nSPS) is 31.3. The fourth-order valence-electron chi connectivity index (χ4n) is 2.52. The second-order valence-electron chi connectivity index (χ2n) is 5.36. The molecule has 2 amide bonds. The summed E-state index contributed by atoms with van der Waals surface area (Å²) in [6.45, 7) is 4.99. The van der Waals surface area contributed by atoms with Crippen LogP contribution in [0.15, 0.2) is 0 Å². The van der Waals surface area contributed by atoms with E-state index in [-0.39, 0.29) is 17.9 Å². The van der Waals surface area contributed by atoms with Crippen molar-refractivity contribution in [1.82, 2.24) is 10.2 Å². The summed E-state index contributed by atoms with van der Waals surface area (Å²) in [5.41, 5.74) is 4.73. The third-order valence-corrected chi connectivity index (χ3v) is 3.76. The topological polar surface area (TPSA) is 84.7 Å². The smallest absolute Gasteiger partial charge is 0.252 e. The lowest BCUT2D eigenvalue weighted by atomic mass is 9.97. The monoisotopic (exact) mass is 255 g/mol. The number of nitrogens with zero attached hydrogens (tertiary/aromatic N) is 1. The number of hydrogen-bond acceptors (Lipinski definition) is 4. The van der Waals surface area contributed by atoms with Gasteiger partial charge in [-0.3, -0.25) is 9.59 Å². The molecule has 0 aromatic heterocycles. The molecule has 0 bridgehead atoms. The van der Waals surface area contributed by atoms with E-state index in [0.29, 0.717) is 26.1 Å². The summed E-state index contributed by atoms with van der Waals surface area (Å²) >= 11 is 0. The predicted molar refractivity (Wildman–Crippen MR) is 65.8 cm³/mol. The van der Waals surface area contributed by atoms with Gasteiger partial charge >= 0.3 is 0 Å². The lowest BCUT2D eigenvalue weighted by Crippen LogP contribution is -2.64. The predicted octanol–water partition coefficient (Wildman–Crippen LogP) is -0.770. The minimum atomic E-state index is -0.806. The first kappa shape index (κ1) is 13.3. The van der Waals surface area contributed by atoms with E-state index in [4.69, 9.17) is 10.5 Å². The van der Waals surface area contributed by atoms with Crippen LogP contribution in [0, 0.1) is 0 Å². The van der Waals surface area contributed by atoms with E-state index < -0.39 is 11.6 Å². The lowest BCUT2D eigenvalue weighted by Gasteiger charge is -2.42. The van der Waals surface area contributed by atoms with E-state index in [2.05, 4.69) is 5.32 Å². The Hall–Kier alpha value is -1.14. The molecule has 0 radical (unpaired) electrons. The Morgan fingerprint density at radius 3 is 2.89 bits per heavy atom. The minimum absolute atomic E-state index is 0.0271. The van der Waals surface area contributed by atoms with Crippen molar-refractivity contribution in [3.05, 3.63) is 0 Å². The fourth-order valence-corrected chi connectivity index (χ4v) is 2.52. The van der Waals surface area contributed by atoms with Gasteiger partial charge in [-0.2, -0.15) is 0 Å². The molecule has 0 saturated carbocycles. The van der Waals surface area contributed by atoms with Crippen molar-refractivity contribution in [3.63, 3.8) is 0 Å². The van der Waals surface area contributed by atoms with Gasteiger partial charge in [0.2, 0.25) is 5.91 Å². The number of nitrogens with two attached hydrogens (primary N) is 1. The maximum absolute atomic E-state index is 12.4. The van der Waals surface area contributed by atoms with E-state index in [0.717, 1.165) is 6.42 Å². The molecule has 2 heterocycles. The first-order valence-electron chi connectivity index (χ1n) is 6.42. The van der Waals surface area contributed by atoms with Gasteiger partial charge < -0.3 is 20.7 Å². The van der Waals surface area contributed by atoms with Crippen LogP contribution in [0.2, 0.25) is 0 Å². The van der Waals surface area contributed by atoms with Gasteiger partial charge in [0.25, 0.3) is 5.91 Å². The second kappa shape index (κ2) is 4.85. The van der Waals surface area contributed by atoms with Crippen LogP contribution < -0.4 is 11.1 Å². The quantitative estimate of drug-likeness (QED) is 0.678. The molecule has 0 spiro atoms. The van der Waals surface area contributed by atoms with Gasteiger partial charge in [0.1, 0.15) is 11.6 Å². The number of nitrogens with one attached hydrogen (secondary N) is 1. The number of ether oxygens (including phenoxy) is 1. The summed E-state index contributed by atoms with van der Waals surface area (Å²) < 4.78 is 5.61. The lowest BCUT2D eigenvalue weighted by molar-refractivity contribution is -0.156. The van der Waals surface area contributed by atoms with Gasteiger partial charge in [-0.1, -0.05) is 0 Å². The molecule has 102 valence electrons. The average molecular weight is 255 g/mol. The Kier molecular flexibility index (Phi) is 3.59. The highest BCUT2D eigenvalue weighted by Gasteiger charge is 2.44. The highest BCUT2D eigenvalue weighted by molar-refractivity contribution is 5.93. The molecule has 18 heavy (non-hydrogen) atoms.